The molecular weight excluding hydrogens is 232 g/mol. The largest absolute Gasteiger partial charge is 0.301 e. The number of nitrogens with zero attached hydrogens (tertiary/aromatic N) is 2. The predicted molar refractivity (Wildman–Crippen MR) is 70.2 cm³/mol. The first-order valence-corrected chi connectivity index (χ1v) is 5.99. The summed E-state index contributed by atoms with van der Waals surface area (Å²) in [6, 6.07) is 14.4. The highest BCUT2D eigenvalue weighted by molar-refractivity contribution is 6.17. The monoisotopic (exact) mass is 242 g/mol. The molecule has 84 valence electrons. The van der Waals surface area contributed by atoms with Crippen LogP contribution in [0.5, 0.6) is 0 Å². The van der Waals surface area contributed by atoms with Gasteiger partial charge in [0.1, 0.15) is 0 Å². The van der Waals surface area contributed by atoms with Gasteiger partial charge in [0.2, 0.25) is 0 Å². The predicted octanol–water partition coefficient (Wildman–Crippen LogP) is 3.74. The molecule has 2 heterocycles. The zero-order valence-corrected chi connectivity index (χ0v) is 9.93. The number of hydrogen-bond donors (Lipinski definition) is 0. The van der Waals surface area contributed by atoms with Gasteiger partial charge in [0.25, 0.3) is 0 Å². The quantitative estimate of drug-likeness (QED) is 0.626. The van der Waals surface area contributed by atoms with Gasteiger partial charge in [0.15, 0.2) is 0 Å². The van der Waals surface area contributed by atoms with Crippen LogP contribution in [0.3, 0.4) is 0 Å². The molecular formula is C14H11ClN2. The van der Waals surface area contributed by atoms with Gasteiger partial charge in [0.05, 0.1) is 23.9 Å². The van der Waals surface area contributed by atoms with E-state index < -0.39 is 0 Å². The Kier molecular flexibility index (Phi) is 2.57. The smallest absolute Gasteiger partial charge is 0.0994 e. The third-order valence-electron chi connectivity index (χ3n) is 2.90. The van der Waals surface area contributed by atoms with Gasteiger partial charge in [-0.25, -0.2) is 4.98 Å². The maximum atomic E-state index is 6.07. The van der Waals surface area contributed by atoms with E-state index in [0.29, 0.717) is 5.88 Å². The molecule has 0 bridgehead atoms. The number of rotatable bonds is 2. The van der Waals surface area contributed by atoms with E-state index >= 15 is 0 Å². The van der Waals surface area contributed by atoms with Crippen LogP contribution in [0.25, 0.3) is 16.6 Å². The summed E-state index contributed by atoms with van der Waals surface area (Å²) >= 11 is 6.07. The Morgan fingerprint density at radius 3 is 2.65 bits per heavy atom. The molecule has 0 saturated heterocycles. The maximum Gasteiger partial charge on any atom is 0.0994 e. The van der Waals surface area contributed by atoms with Crippen LogP contribution in [0.2, 0.25) is 0 Å². The van der Waals surface area contributed by atoms with Crippen LogP contribution in [0.15, 0.2) is 55.0 Å². The van der Waals surface area contributed by atoms with Crippen molar-refractivity contribution < 1.29 is 0 Å². The summed E-state index contributed by atoms with van der Waals surface area (Å²) in [5.41, 5.74) is 4.48. The van der Waals surface area contributed by atoms with Crippen molar-refractivity contribution in [2.45, 2.75) is 5.88 Å². The van der Waals surface area contributed by atoms with Crippen LogP contribution in [-0.2, 0) is 5.88 Å². The van der Waals surface area contributed by atoms with Crippen LogP contribution in [-0.4, -0.2) is 9.38 Å². The number of pyridine rings is 1. The summed E-state index contributed by atoms with van der Waals surface area (Å²) in [7, 11) is 0. The van der Waals surface area contributed by atoms with E-state index in [9.17, 15) is 0 Å². The van der Waals surface area contributed by atoms with Gasteiger partial charge in [-0.05, 0) is 11.6 Å². The molecule has 0 unspecified atom stereocenters. The molecule has 0 fully saturated rings. The molecule has 3 rings (SSSR count). The van der Waals surface area contributed by atoms with Gasteiger partial charge in [-0.15, -0.1) is 11.6 Å². The average molecular weight is 243 g/mol. The topological polar surface area (TPSA) is 17.3 Å². The Labute approximate surface area is 104 Å². The minimum atomic E-state index is 0.470. The van der Waals surface area contributed by atoms with Crippen molar-refractivity contribution in [3.05, 3.63) is 60.7 Å². The second-order valence-corrected chi connectivity index (χ2v) is 4.15. The molecule has 0 saturated carbocycles. The van der Waals surface area contributed by atoms with Crippen LogP contribution in [0.4, 0.5) is 0 Å². The van der Waals surface area contributed by atoms with Gasteiger partial charge in [-0.3, -0.25) is 0 Å². The minimum absolute atomic E-state index is 0.470. The summed E-state index contributed by atoms with van der Waals surface area (Å²) < 4.78 is 2.04. The molecule has 0 atom stereocenters. The summed E-state index contributed by atoms with van der Waals surface area (Å²) in [5.74, 6) is 0.470. The Balaban J connectivity index is 2.29. The van der Waals surface area contributed by atoms with Crippen molar-refractivity contribution in [2.24, 2.45) is 0 Å². The van der Waals surface area contributed by atoms with E-state index in [1.54, 1.807) is 6.33 Å². The van der Waals surface area contributed by atoms with Crippen LogP contribution in [0.1, 0.15) is 5.69 Å². The first-order valence-electron chi connectivity index (χ1n) is 5.45. The summed E-state index contributed by atoms with van der Waals surface area (Å²) in [4.78, 5) is 4.15. The highest BCUT2D eigenvalue weighted by Gasteiger charge is 2.08. The van der Waals surface area contributed by atoms with Crippen LogP contribution < -0.4 is 0 Å². The van der Waals surface area contributed by atoms with Crippen LogP contribution >= 0.6 is 11.6 Å². The molecule has 0 spiro atoms. The van der Waals surface area contributed by atoms with Crippen molar-refractivity contribution in [1.82, 2.24) is 9.38 Å². The summed E-state index contributed by atoms with van der Waals surface area (Å²) in [5, 5.41) is 0. The third kappa shape index (κ3) is 1.71. The van der Waals surface area contributed by atoms with Crippen molar-refractivity contribution in [1.29, 1.82) is 0 Å². The van der Waals surface area contributed by atoms with E-state index in [0.717, 1.165) is 16.8 Å². The van der Waals surface area contributed by atoms with Gasteiger partial charge in [0, 0.05) is 11.3 Å². The molecule has 0 aliphatic carbocycles. The number of benzene rings is 1. The first kappa shape index (κ1) is 10.4. The number of hydrogen-bond acceptors (Lipinski definition) is 1. The number of imidazole rings is 1. The Bertz CT molecular complexity index is 644. The lowest BCUT2D eigenvalue weighted by Crippen LogP contribution is -1.96. The van der Waals surface area contributed by atoms with Gasteiger partial charge in [-0.2, -0.15) is 0 Å². The van der Waals surface area contributed by atoms with Gasteiger partial charge >= 0.3 is 0 Å². The van der Waals surface area contributed by atoms with Crippen molar-refractivity contribution in [2.75, 3.05) is 0 Å². The van der Waals surface area contributed by atoms with E-state index in [1.807, 2.05) is 28.8 Å². The number of fused-ring (bicyclic) bond motifs is 1. The zero-order valence-electron chi connectivity index (χ0n) is 9.18. The highest BCUT2D eigenvalue weighted by Crippen LogP contribution is 2.26. The Morgan fingerprint density at radius 2 is 1.88 bits per heavy atom. The molecule has 17 heavy (non-hydrogen) atoms. The lowest BCUT2D eigenvalue weighted by Gasteiger charge is -2.10. The molecule has 0 aliphatic rings. The minimum Gasteiger partial charge on any atom is -0.301 e. The second kappa shape index (κ2) is 4.22. The number of halogens is 1. The summed E-state index contributed by atoms with van der Waals surface area (Å²) in [6.07, 6.45) is 3.64. The normalized spacial score (nSPS) is 10.9. The highest BCUT2D eigenvalue weighted by atomic mass is 35.5. The maximum absolute atomic E-state index is 6.07. The van der Waals surface area contributed by atoms with Gasteiger partial charge in [-0.1, -0.05) is 36.4 Å². The number of aromatic nitrogens is 2. The van der Waals surface area contributed by atoms with Crippen LogP contribution in [0, 0.1) is 0 Å². The Morgan fingerprint density at radius 1 is 1.06 bits per heavy atom. The van der Waals surface area contributed by atoms with E-state index in [-0.39, 0.29) is 0 Å². The third-order valence-corrected chi connectivity index (χ3v) is 3.15. The lowest BCUT2D eigenvalue weighted by atomic mass is 10.0. The first-order chi connectivity index (χ1) is 8.40. The molecule has 3 heteroatoms. The summed E-state index contributed by atoms with van der Waals surface area (Å²) in [6.45, 7) is 0. The molecule has 0 amide bonds. The van der Waals surface area contributed by atoms with Crippen molar-refractivity contribution in [3.63, 3.8) is 0 Å². The molecule has 2 nitrogen and oxygen atoms in total. The second-order valence-electron chi connectivity index (χ2n) is 3.88. The molecule has 1 aromatic carbocycles. The SMILES string of the molecule is ClCc1c(-c2ccccc2)ccc2cncn12. The number of alkyl halides is 1. The fourth-order valence-corrected chi connectivity index (χ4v) is 2.34. The van der Waals surface area contributed by atoms with Gasteiger partial charge < -0.3 is 4.40 Å². The Hall–Kier alpha value is -1.80. The fourth-order valence-electron chi connectivity index (χ4n) is 2.07. The van der Waals surface area contributed by atoms with E-state index in [1.165, 1.54) is 5.56 Å². The van der Waals surface area contributed by atoms with Crippen molar-refractivity contribution >= 4 is 17.1 Å². The van der Waals surface area contributed by atoms with E-state index in [2.05, 4.69) is 29.2 Å². The standard InChI is InChI=1S/C14H11ClN2/c15-8-14-13(11-4-2-1-3-5-11)7-6-12-9-16-10-17(12)14/h1-7,9-10H,8H2. The molecule has 0 radical (unpaired) electrons. The molecule has 0 aliphatic heterocycles. The average Bonchev–Trinajstić information content (AvgIpc) is 2.86. The van der Waals surface area contributed by atoms with Crippen molar-refractivity contribution in [3.8, 4) is 11.1 Å². The van der Waals surface area contributed by atoms with E-state index in [4.69, 9.17) is 11.6 Å². The molecule has 0 N–H and O–H groups in total. The lowest BCUT2D eigenvalue weighted by molar-refractivity contribution is 1.06. The fraction of sp³-hybridized carbons (Fsp3) is 0.0714. The molecule has 2 aromatic heterocycles. The molecule has 3 aromatic rings. The zero-order chi connectivity index (χ0) is 11.7.